The highest BCUT2D eigenvalue weighted by Crippen LogP contribution is 1.99. The number of rotatable bonds is 0. The maximum absolute atomic E-state index is 10.2. The quantitative estimate of drug-likeness (QED) is 0.415. The van der Waals surface area contributed by atoms with Gasteiger partial charge in [-0.1, -0.05) is 0 Å². The van der Waals surface area contributed by atoms with E-state index in [9.17, 15) is 4.79 Å². The van der Waals surface area contributed by atoms with E-state index in [4.69, 9.17) is 16.2 Å². The Morgan fingerprint density at radius 3 is 2.70 bits per heavy atom. The van der Waals surface area contributed by atoms with E-state index >= 15 is 0 Å². The van der Waals surface area contributed by atoms with Crippen LogP contribution in [0.15, 0.2) is 5.10 Å². The molecule has 1 amide bonds. The molecule has 0 radical (unpaired) electrons. The zero-order chi connectivity index (χ0) is 7.72. The molecular weight excluding hydrogens is 136 g/mol. The van der Waals surface area contributed by atoms with Crippen molar-refractivity contribution in [3.05, 3.63) is 0 Å². The summed E-state index contributed by atoms with van der Waals surface area (Å²) < 4.78 is 0. The summed E-state index contributed by atoms with van der Waals surface area (Å²) in [5.41, 5.74) is 5.17. The van der Waals surface area contributed by atoms with Crippen LogP contribution in [-0.2, 0) is 0 Å². The van der Waals surface area contributed by atoms with Crippen LogP contribution in [0.1, 0.15) is 0 Å². The predicted molar refractivity (Wildman–Crippen MR) is 34.1 cm³/mol. The Morgan fingerprint density at radius 2 is 2.50 bits per heavy atom. The third kappa shape index (κ3) is 0.903. The number of hydrogen-bond acceptors (Lipinski definition) is 4. The molecule has 1 heterocycles. The Kier molecular flexibility index (Phi) is 1.29. The minimum atomic E-state index is -1.19. The third-order valence-electron chi connectivity index (χ3n) is 1.07. The fourth-order valence-corrected chi connectivity index (χ4v) is 0.567. The Labute approximate surface area is 56.4 Å². The number of nitrogens with one attached hydrogen (secondary N) is 1. The van der Waals surface area contributed by atoms with Crippen molar-refractivity contribution < 1.29 is 9.90 Å². The molecule has 0 aromatic heterocycles. The molecule has 6 nitrogen and oxygen atoms in total. The van der Waals surface area contributed by atoms with Gasteiger partial charge in [-0.25, -0.2) is 4.79 Å². The zero-order valence-corrected chi connectivity index (χ0v) is 5.03. The molecule has 0 aromatic carbocycles. The molecule has 0 bridgehead atoms. The van der Waals surface area contributed by atoms with Crippen LogP contribution in [0.4, 0.5) is 4.79 Å². The summed E-state index contributed by atoms with van der Waals surface area (Å²) in [5, 5.41) is 19.4. The van der Waals surface area contributed by atoms with Crippen LogP contribution in [0.3, 0.4) is 0 Å². The number of carbonyl (C=O) groups is 1. The third-order valence-corrected chi connectivity index (χ3v) is 1.07. The monoisotopic (exact) mass is 142 g/mol. The number of amides is 1. The van der Waals surface area contributed by atoms with Crippen LogP contribution in [0.5, 0.6) is 0 Å². The lowest BCUT2D eigenvalue weighted by atomic mass is 10.4. The number of nitrogens with zero attached hydrogens (tertiary/aromatic N) is 2. The molecule has 0 aliphatic carbocycles. The molecule has 0 atom stereocenters. The van der Waals surface area contributed by atoms with Gasteiger partial charge in [-0.3, -0.25) is 5.41 Å². The first-order valence-corrected chi connectivity index (χ1v) is 2.53. The van der Waals surface area contributed by atoms with Gasteiger partial charge in [0.15, 0.2) is 5.84 Å². The molecule has 0 saturated carbocycles. The number of hydrogen-bond donors (Lipinski definition) is 3. The zero-order valence-electron chi connectivity index (χ0n) is 5.03. The molecule has 0 saturated heterocycles. The molecule has 1 rings (SSSR count). The molecule has 6 heteroatoms. The van der Waals surface area contributed by atoms with Gasteiger partial charge in [-0.15, -0.1) is 5.10 Å². The van der Waals surface area contributed by atoms with Crippen LogP contribution in [0.25, 0.3) is 0 Å². The Morgan fingerprint density at radius 1 is 1.90 bits per heavy atom. The molecule has 0 spiro atoms. The first-order valence-electron chi connectivity index (χ1n) is 2.53. The summed E-state index contributed by atoms with van der Waals surface area (Å²) in [6.07, 6.45) is -1.19. The molecule has 10 heavy (non-hydrogen) atoms. The average Bonchev–Trinajstić information content (AvgIpc) is 2.13. The number of amidine groups is 1. The minimum absolute atomic E-state index is 0.0256. The van der Waals surface area contributed by atoms with Gasteiger partial charge >= 0.3 is 6.09 Å². The van der Waals surface area contributed by atoms with Gasteiger partial charge in [0.2, 0.25) is 0 Å². The molecule has 1 aliphatic heterocycles. The Hall–Kier alpha value is -1.59. The van der Waals surface area contributed by atoms with Gasteiger partial charge in [0.1, 0.15) is 0 Å². The van der Waals surface area contributed by atoms with E-state index in [1.807, 2.05) is 0 Å². The molecule has 0 aromatic rings. The standard InChI is InChI=1S/C4H6N4O2/c5-2-1-8(4(9)10)7-3(2)6/h5H,1H2,(H2,6,7)(H,9,10). The van der Waals surface area contributed by atoms with Crippen molar-refractivity contribution in [2.45, 2.75) is 0 Å². The van der Waals surface area contributed by atoms with Crippen molar-refractivity contribution >= 4 is 17.6 Å². The second-order valence-corrected chi connectivity index (χ2v) is 1.80. The second kappa shape index (κ2) is 1.98. The average molecular weight is 142 g/mol. The minimum Gasteiger partial charge on any atom is -0.464 e. The van der Waals surface area contributed by atoms with Crippen LogP contribution in [0.2, 0.25) is 0 Å². The van der Waals surface area contributed by atoms with Crippen molar-refractivity contribution in [3.63, 3.8) is 0 Å². The smallest absolute Gasteiger partial charge is 0.428 e. The Bertz CT molecular complexity index is 221. The predicted octanol–water partition coefficient (Wildman–Crippen LogP) is -0.728. The van der Waals surface area contributed by atoms with Gasteiger partial charge in [-0.2, -0.15) is 5.01 Å². The van der Waals surface area contributed by atoms with E-state index in [1.165, 1.54) is 0 Å². The van der Waals surface area contributed by atoms with E-state index in [0.29, 0.717) is 0 Å². The van der Waals surface area contributed by atoms with Crippen molar-refractivity contribution in [1.82, 2.24) is 5.01 Å². The van der Waals surface area contributed by atoms with E-state index in [0.717, 1.165) is 5.01 Å². The first-order chi connectivity index (χ1) is 4.61. The largest absolute Gasteiger partial charge is 0.464 e. The van der Waals surface area contributed by atoms with Gasteiger partial charge in [0.05, 0.1) is 12.3 Å². The number of carboxylic acid groups (broad SMARTS) is 1. The lowest BCUT2D eigenvalue weighted by Crippen LogP contribution is -2.25. The highest BCUT2D eigenvalue weighted by molar-refractivity contribution is 6.41. The van der Waals surface area contributed by atoms with Crippen molar-refractivity contribution in [1.29, 1.82) is 5.41 Å². The van der Waals surface area contributed by atoms with Crippen molar-refractivity contribution in [2.75, 3.05) is 6.54 Å². The highest BCUT2D eigenvalue weighted by Gasteiger charge is 2.22. The second-order valence-electron chi connectivity index (χ2n) is 1.80. The molecular formula is C4H6N4O2. The topological polar surface area (TPSA) is 103 Å². The molecule has 0 fully saturated rings. The van der Waals surface area contributed by atoms with Gasteiger partial charge < -0.3 is 10.8 Å². The van der Waals surface area contributed by atoms with E-state index < -0.39 is 6.09 Å². The van der Waals surface area contributed by atoms with E-state index in [1.54, 1.807) is 0 Å². The summed E-state index contributed by atoms with van der Waals surface area (Å²) >= 11 is 0. The highest BCUT2D eigenvalue weighted by atomic mass is 16.4. The van der Waals surface area contributed by atoms with Crippen LogP contribution in [0, 0.1) is 5.41 Å². The first kappa shape index (κ1) is 6.53. The molecule has 4 N–H and O–H groups in total. The SMILES string of the molecule is N=C1CN(C(=O)O)N=C1N. The summed E-state index contributed by atoms with van der Waals surface area (Å²) in [6, 6.07) is 0. The summed E-state index contributed by atoms with van der Waals surface area (Å²) in [6.45, 7) is -0.0405. The molecule has 0 unspecified atom stereocenters. The Balaban J connectivity index is 2.74. The van der Waals surface area contributed by atoms with Gasteiger partial charge in [0.25, 0.3) is 0 Å². The van der Waals surface area contributed by atoms with E-state index in [2.05, 4.69) is 5.10 Å². The molecule has 54 valence electrons. The summed E-state index contributed by atoms with van der Waals surface area (Å²) in [4.78, 5) is 10.2. The fourth-order valence-electron chi connectivity index (χ4n) is 0.567. The maximum Gasteiger partial charge on any atom is 0.428 e. The van der Waals surface area contributed by atoms with E-state index in [-0.39, 0.29) is 18.1 Å². The summed E-state index contributed by atoms with van der Waals surface area (Å²) in [5.74, 6) is -0.0256. The van der Waals surface area contributed by atoms with Crippen molar-refractivity contribution in [2.24, 2.45) is 10.8 Å². The maximum atomic E-state index is 10.2. The van der Waals surface area contributed by atoms with Gasteiger partial charge in [0, 0.05) is 0 Å². The van der Waals surface area contributed by atoms with Crippen LogP contribution in [-0.4, -0.2) is 34.3 Å². The normalized spacial score (nSPS) is 17.4. The lowest BCUT2D eigenvalue weighted by Gasteiger charge is -2.02. The van der Waals surface area contributed by atoms with Crippen LogP contribution >= 0.6 is 0 Å². The molecule has 1 aliphatic rings. The van der Waals surface area contributed by atoms with Crippen LogP contribution < -0.4 is 5.73 Å². The number of nitrogens with two attached hydrogens (primary N) is 1. The summed E-state index contributed by atoms with van der Waals surface area (Å²) in [7, 11) is 0. The number of hydrazone groups is 1. The van der Waals surface area contributed by atoms with Gasteiger partial charge in [-0.05, 0) is 0 Å². The fraction of sp³-hybridized carbons (Fsp3) is 0.250. The lowest BCUT2D eigenvalue weighted by molar-refractivity contribution is 0.155. The van der Waals surface area contributed by atoms with Crippen molar-refractivity contribution in [3.8, 4) is 0 Å².